The number of rotatable bonds is 3. The Morgan fingerprint density at radius 1 is 0.426 bits per heavy atom. The van der Waals surface area contributed by atoms with Crippen molar-refractivity contribution in [2.75, 3.05) is 14.7 Å². The molecule has 5 saturated carbocycles. The average Bonchev–Trinajstić information content (AvgIpc) is 3.59. The maximum absolute atomic E-state index is 2.82. The number of benzene rings is 3. The molecule has 61 heavy (non-hydrogen) atoms. The number of hydrogen-bond donors (Lipinski definition) is 0. The SMILES string of the molecule is Cc1ccccc1N1C(C)C(C)(C)CC1(C)C.Cc1ccccc1N1C(C)C2(CC1(C)C)C1CC3CC(C1)CC2C3.Cc1ccccc1N1C(C)C2(CCCCC2)CC1(C)C. The fraction of sp³-hybridized carbons (Fsp3) is 0.690. The third-order valence-corrected chi connectivity index (χ3v) is 19.0. The van der Waals surface area contributed by atoms with E-state index in [4.69, 9.17) is 0 Å². The summed E-state index contributed by atoms with van der Waals surface area (Å²) in [5.74, 6) is 4.14. The molecule has 0 radical (unpaired) electrons. The van der Waals surface area contributed by atoms with Crippen LogP contribution in [0.3, 0.4) is 0 Å². The Balaban J connectivity index is 0.000000129. The smallest absolute Gasteiger partial charge is 0.0402 e. The van der Waals surface area contributed by atoms with E-state index < -0.39 is 0 Å². The maximum Gasteiger partial charge on any atom is 0.0402 e. The third kappa shape index (κ3) is 7.68. The molecule has 11 rings (SSSR count). The van der Waals surface area contributed by atoms with Crippen LogP contribution in [0.4, 0.5) is 17.1 Å². The normalized spacial score (nSPS) is 34.3. The summed E-state index contributed by atoms with van der Waals surface area (Å²) in [7, 11) is 0. The summed E-state index contributed by atoms with van der Waals surface area (Å²) >= 11 is 0. The first kappa shape index (κ1) is 44.7. The maximum atomic E-state index is 2.82. The molecule has 3 atom stereocenters. The average molecular weight is 826 g/mol. The molecule has 3 heterocycles. The lowest BCUT2D eigenvalue weighted by Gasteiger charge is -2.62. The van der Waals surface area contributed by atoms with E-state index in [-0.39, 0.29) is 16.6 Å². The summed E-state index contributed by atoms with van der Waals surface area (Å²) in [5.41, 5.74) is 10.9. The predicted octanol–water partition coefficient (Wildman–Crippen LogP) is 15.5. The number of nitrogens with zero attached hydrogens (tertiary/aromatic N) is 3. The monoisotopic (exact) mass is 826 g/mol. The molecule has 3 aromatic rings. The van der Waals surface area contributed by atoms with Crippen LogP contribution >= 0.6 is 0 Å². The van der Waals surface area contributed by atoms with Gasteiger partial charge in [0.1, 0.15) is 0 Å². The number of aryl methyl sites for hydroxylation is 3. The molecule has 8 fully saturated rings. The standard InChI is InChI=1S/C23H33N.C19H29N.C16H25N/c1-15-7-5-6-8-21(15)24-16(2)23(14-22(24,3)4)19-10-17-9-18(12-19)13-20(23)11-17;1-15-10-6-7-11-17(15)20-16(2)19(14-18(20,3)4)12-8-5-9-13-19;1-12-9-7-8-10-14(12)17-13(2)15(3,4)11-16(17,5)6/h5-8,16-20H,9-14H2,1-4H3;6-7,10-11,16H,5,8-9,12-14H2,1-4H3;7-10,13H,11H2,1-6H3. The summed E-state index contributed by atoms with van der Waals surface area (Å²) in [6.07, 6.45) is 18.9. The molecule has 2 spiro atoms. The highest BCUT2D eigenvalue weighted by atomic mass is 15.3. The van der Waals surface area contributed by atoms with Crippen molar-refractivity contribution in [2.24, 2.45) is 39.9 Å². The fourth-order valence-corrected chi connectivity index (χ4v) is 16.8. The third-order valence-electron chi connectivity index (χ3n) is 19.0. The Hall–Kier alpha value is -2.94. The van der Waals surface area contributed by atoms with Crippen LogP contribution in [0.15, 0.2) is 72.8 Å². The minimum Gasteiger partial charge on any atom is -0.363 e. The highest BCUT2D eigenvalue weighted by Gasteiger charge is 2.66. The number of hydrogen-bond acceptors (Lipinski definition) is 3. The van der Waals surface area contributed by atoms with Crippen molar-refractivity contribution in [3.8, 4) is 0 Å². The summed E-state index contributed by atoms with van der Waals surface area (Å²) < 4.78 is 0. The van der Waals surface area contributed by atoms with Gasteiger partial charge in [0.25, 0.3) is 0 Å². The molecule has 3 heteroatoms. The molecule has 5 aliphatic carbocycles. The van der Waals surface area contributed by atoms with E-state index in [9.17, 15) is 0 Å². The zero-order valence-corrected chi connectivity index (χ0v) is 41.5. The minimum atomic E-state index is 0.245. The Bertz CT molecular complexity index is 1980. The first-order chi connectivity index (χ1) is 28.6. The van der Waals surface area contributed by atoms with Crippen LogP contribution in [0.25, 0.3) is 0 Å². The van der Waals surface area contributed by atoms with E-state index in [1.807, 2.05) is 0 Å². The number of para-hydroxylation sites is 3. The molecule has 3 aliphatic heterocycles. The Kier molecular flexibility index (Phi) is 11.7. The molecule has 334 valence electrons. The molecule has 8 aliphatic rings. The molecular weight excluding hydrogens is 739 g/mol. The molecule has 4 bridgehead atoms. The van der Waals surface area contributed by atoms with Gasteiger partial charge in [-0.3, -0.25) is 0 Å². The van der Waals surface area contributed by atoms with Gasteiger partial charge in [-0.05, 0) is 222 Å². The van der Waals surface area contributed by atoms with Crippen LogP contribution < -0.4 is 14.7 Å². The van der Waals surface area contributed by atoms with Crippen molar-refractivity contribution in [3.63, 3.8) is 0 Å². The molecule has 3 nitrogen and oxygen atoms in total. The van der Waals surface area contributed by atoms with Gasteiger partial charge in [0.15, 0.2) is 0 Å². The molecule has 3 aromatic carbocycles. The van der Waals surface area contributed by atoms with Gasteiger partial charge in [-0.1, -0.05) is 87.7 Å². The lowest BCUT2D eigenvalue weighted by molar-refractivity contribution is -0.113. The van der Waals surface area contributed by atoms with E-state index in [2.05, 4.69) is 184 Å². The Morgan fingerprint density at radius 3 is 1.21 bits per heavy atom. The van der Waals surface area contributed by atoms with Gasteiger partial charge in [0.05, 0.1) is 0 Å². The summed E-state index contributed by atoms with van der Waals surface area (Å²) in [5, 5.41) is 0. The molecular formula is C58H87N3. The van der Waals surface area contributed by atoms with Gasteiger partial charge in [0, 0.05) is 51.8 Å². The van der Waals surface area contributed by atoms with Gasteiger partial charge in [0.2, 0.25) is 0 Å². The molecule has 0 amide bonds. The molecule has 0 N–H and O–H groups in total. The number of anilines is 3. The zero-order chi connectivity index (χ0) is 43.9. The van der Waals surface area contributed by atoms with Gasteiger partial charge >= 0.3 is 0 Å². The first-order valence-electron chi connectivity index (χ1n) is 25.2. The topological polar surface area (TPSA) is 9.72 Å². The van der Waals surface area contributed by atoms with Crippen LogP contribution in [0.5, 0.6) is 0 Å². The van der Waals surface area contributed by atoms with Gasteiger partial charge in [-0.25, -0.2) is 0 Å². The van der Waals surface area contributed by atoms with E-state index in [0.29, 0.717) is 34.4 Å². The predicted molar refractivity (Wildman–Crippen MR) is 264 cm³/mol. The van der Waals surface area contributed by atoms with E-state index >= 15 is 0 Å². The van der Waals surface area contributed by atoms with Gasteiger partial charge in [-0.2, -0.15) is 0 Å². The van der Waals surface area contributed by atoms with Crippen LogP contribution in [-0.2, 0) is 0 Å². The van der Waals surface area contributed by atoms with E-state index in [1.165, 1.54) is 111 Å². The minimum absolute atomic E-state index is 0.245. The van der Waals surface area contributed by atoms with Crippen molar-refractivity contribution in [1.82, 2.24) is 0 Å². The Morgan fingerprint density at radius 2 is 0.803 bits per heavy atom. The lowest BCUT2D eigenvalue weighted by atomic mass is 9.43. The van der Waals surface area contributed by atoms with Crippen LogP contribution in [0, 0.1) is 60.7 Å². The zero-order valence-electron chi connectivity index (χ0n) is 41.5. The van der Waals surface area contributed by atoms with E-state index in [1.54, 1.807) is 6.42 Å². The molecule has 3 unspecified atom stereocenters. The Labute approximate surface area is 374 Å². The summed E-state index contributed by atoms with van der Waals surface area (Å²) in [4.78, 5) is 8.17. The van der Waals surface area contributed by atoms with Gasteiger partial charge < -0.3 is 14.7 Å². The second kappa shape index (κ2) is 15.9. The fourth-order valence-electron chi connectivity index (χ4n) is 16.8. The lowest BCUT2D eigenvalue weighted by Crippen LogP contribution is -2.57. The largest absolute Gasteiger partial charge is 0.363 e. The van der Waals surface area contributed by atoms with E-state index in [0.717, 1.165) is 23.7 Å². The van der Waals surface area contributed by atoms with Crippen LogP contribution in [-0.4, -0.2) is 34.7 Å². The summed E-state index contributed by atoms with van der Waals surface area (Å²) in [6, 6.07) is 28.7. The van der Waals surface area contributed by atoms with Crippen molar-refractivity contribution in [2.45, 2.75) is 215 Å². The quantitative estimate of drug-likeness (QED) is 0.260. The van der Waals surface area contributed by atoms with Crippen LogP contribution in [0.1, 0.15) is 176 Å². The second-order valence-electron chi connectivity index (χ2n) is 24.8. The summed E-state index contributed by atoms with van der Waals surface area (Å²) in [6.45, 7) is 33.6. The highest BCUT2D eigenvalue weighted by Crippen LogP contribution is 2.69. The second-order valence-corrected chi connectivity index (χ2v) is 24.8. The van der Waals surface area contributed by atoms with Crippen molar-refractivity contribution < 1.29 is 0 Å². The van der Waals surface area contributed by atoms with Crippen molar-refractivity contribution >= 4 is 17.1 Å². The highest BCUT2D eigenvalue weighted by molar-refractivity contribution is 5.60. The van der Waals surface area contributed by atoms with Crippen LogP contribution in [0.2, 0.25) is 0 Å². The molecule has 0 aromatic heterocycles. The van der Waals surface area contributed by atoms with Crippen molar-refractivity contribution in [1.29, 1.82) is 0 Å². The molecule has 3 saturated heterocycles. The van der Waals surface area contributed by atoms with Gasteiger partial charge in [-0.15, -0.1) is 0 Å². The van der Waals surface area contributed by atoms with Crippen molar-refractivity contribution in [3.05, 3.63) is 89.5 Å². The first-order valence-corrected chi connectivity index (χ1v) is 25.2.